The van der Waals surface area contributed by atoms with E-state index >= 15 is 0 Å². The van der Waals surface area contributed by atoms with E-state index in [1.807, 2.05) is 32.9 Å². The predicted octanol–water partition coefficient (Wildman–Crippen LogP) is 2.73. The number of nitrogens with one attached hydrogen (secondary N) is 2. The number of hydrogen-bond acceptors (Lipinski definition) is 5. The fourth-order valence-electron chi connectivity index (χ4n) is 2.69. The Balaban J connectivity index is 1.68. The summed E-state index contributed by atoms with van der Waals surface area (Å²) < 4.78 is 16.1. The number of nitrogens with zero attached hydrogens (tertiary/aromatic N) is 1. The van der Waals surface area contributed by atoms with E-state index in [4.69, 9.17) is 14.2 Å². The number of likely N-dealkylation sites (tertiary alicyclic amines) is 1. The number of piperidine rings is 1. The lowest BCUT2D eigenvalue weighted by Crippen LogP contribution is -2.50. The topological polar surface area (TPSA) is 89.1 Å². The van der Waals surface area contributed by atoms with Gasteiger partial charge in [-0.1, -0.05) is 12.1 Å². The van der Waals surface area contributed by atoms with Crippen molar-refractivity contribution in [1.29, 1.82) is 0 Å². The minimum atomic E-state index is -0.506. The Labute approximate surface area is 160 Å². The fraction of sp³-hybridized carbons (Fsp3) is 0.579. The fourth-order valence-corrected chi connectivity index (χ4v) is 2.69. The second-order valence-electron chi connectivity index (χ2n) is 7.33. The minimum absolute atomic E-state index is 0.00921. The molecular weight excluding hydrogens is 350 g/mol. The molecule has 0 spiro atoms. The number of benzene rings is 1. The molecular formula is C19H29N3O5. The molecule has 8 nitrogen and oxygen atoms in total. The van der Waals surface area contributed by atoms with Crippen LogP contribution in [0, 0.1) is 0 Å². The number of carbonyl (C=O) groups is 2. The van der Waals surface area contributed by atoms with Crippen molar-refractivity contribution in [2.45, 2.75) is 45.3 Å². The van der Waals surface area contributed by atoms with Gasteiger partial charge in [0.15, 0.2) is 18.2 Å². The van der Waals surface area contributed by atoms with E-state index in [0.29, 0.717) is 37.4 Å². The van der Waals surface area contributed by atoms with E-state index in [-0.39, 0.29) is 24.9 Å². The first-order valence-electron chi connectivity index (χ1n) is 9.06. The van der Waals surface area contributed by atoms with E-state index in [9.17, 15) is 9.59 Å². The van der Waals surface area contributed by atoms with Gasteiger partial charge in [-0.25, -0.2) is 9.59 Å². The van der Waals surface area contributed by atoms with E-state index in [1.54, 1.807) is 24.1 Å². The van der Waals surface area contributed by atoms with E-state index in [2.05, 4.69) is 10.6 Å². The summed E-state index contributed by atoms with van der Waals surface area (Å²) in [6.45, 7) is 6.67. The zero-order valence-corrected chi connectivity index (χ0v) is 16.4. The van der Waals surface area contributed by atoms with Crippen LogP contribution >= 0.6 is 0 Å². The Hall–Kier alpha value is -2.64. The average molecular weight is 379 g/mol. The Morgan fingerprint density at radius 1 is 1.15 bits per heavy atom. The number of amides is 3. The summed E-state index contributed by atoms with van der Waals surface area (Å²) in [6.07, 6.45) is 1.05. The van der Waals surface area contributed by atoms with Gasteiger partial charge in [0.2, 0.25) is 0 Å². The molecule has 0 radical (unpaired) electrons. The molecule has 1 aliphatic rings. The zero-order valence-electron chi connectivity index (χ0n) is 16.4. The van der Waals surface area contributed by atoms with Crippen LogP contribution < -0.4 is 20.1 Å². The largest absolute Gasteiger partial charge is 0.493 e. The molecule has 1 aromatic carbocycles. The van der Waals surface area contributed by atoms with Crippen LogP contribution in [0.1, 0.15) is 33.6 Å². The van der Waals surface area contributed by atoms with Crippen molar-refractivity contribution < 1.29 is 23.8 Å². The van der Waals surface area contributed by atoms with Crippen molar-refractivity contribution in [2.75, 3.05) is 26.9 Å². The third-order valence-electron chi connectivity index (χ3n) is 4.01. The molecule has 2 N–H and O–H groups in total. The summed E-state index contributed by atoms with van der Waals surface area (Å²) in [7, 11) is 1.56. The van der Waals surface area contributed by atoms with Crippen molar-refractivity contribution >= 4 is 12.1 Å². The molecule has 27 heavy (non-hydrogen) atoms. The van der Waals surface area contributed by atoms with Gasteiger partial charge < -0.3 is 29.7 Å². The number of ether oxygens (including phenoxy) is 3. The lowest BCUT2D eigenvalue weighted by molar-refractivity contribution is 0.0201. The van der Waals surface area contributed by atoms with Crippen LogP contribution in [0.25, 0.3) is 0 Å². The smallest absolute Gasteiger partial charge is 0.410 e. The number of carbonyl (C=O) groups excluding carboxylic acids is 2. The van der Waals surface area contributed by atoms with Gasteiger partial charge in [-0.2, -0.15) is 0 Å². The molecule has 1 heterocycles. The van der Waals surface area contributed by atoms with Gasteiger partial charge in [0, 0.05) is 19.1 Å². The molecule has 1 saturated heterocycles. The first-order chi connectivity index (χ1) is 12.8. The molecule has 0 aliphatic carbocycles. The van der Waals surface area contributed by atoms with Crippen molar-refractivity contribution in [3.63, 3.8) is 0 Å². The van der Waals surface area contributed by atoms with Crippen LogP contribution in [-0.4, -0.2) is 55.6 Å². The monoisotopic (exact) mass is 379 g/mol. The highest BCUT2D eigenvalue weighted by atomic mass is 16.6. The second kappa shape index (κ2) is 9.34. The third kappa shape index (κ3) is 6.88. The highest BCUT2D eigenvalue weighted by Crippen LogP contribution is 2.25. The predicted molar refractivity (Wildman–Crippen MR) is 101 cm³/mol. The van der Waals surface area contributed by atoms with Crippen molar-refractivity contribution in [3.05, 3.63) is 24.3 Å². The van der Waals surface area contributed by atoms with Gasteiger partial charge >= 0.3 is 12.1 Å². The van der Waals surface area contributed by atoms with Gasteiger partial charge in [-0.15, -0.1) is 0 Å². The average Bonchev–Trinajstić information content (AvgIpc) is 2.61. The summed E-state index contributed by atoms with van der Waals surface area (Å²) in [5, 5.41) is 5.56. The molecule has 0 bridgehead atoms. The van der Waals surface area contributed by atoms with Gasteiger partial charge in [0.1, 0.15) is 5.60 Å². The molecule has 2 rings (SSSR count). The van der Waals surface area contributed by atoms with Crippen LogP contribution in [0.5, 0.6) is 11.5 Å². The Morgan fingerprint density at radius 2 is 1.78 bits per heavy atom. The minimum Gasteiger partial charge on any atom is -0.493 e. The summed E-state index contributed by atoms with van der Waals surface area (Å²) in [5.41, 5.74) is -0.506. The lowest BCUT2D eigenvalue weighted by atomic mass is 10.1. The number of rotatable bonds is 5. The first-order valence-corrected chi connectivity index (χ1v) is 9.06. The van der Waals surface area contributed by atoms with E-state index in [1.165, 1.54) is 0 Å². The molecule has 0 aromatic heterocycles. The maximum absolute atomic E-state index is 12.0. The Morgan fingerprint density at radius 3 is 2.37 bits per heavy atom. The number of methoxy groups -OCH3 is 1. The van der Waals surface area contributed by atoms with Crippen LogP contribution in [0.3, 0.4) is 0 Å². The highest BCUT2D eigenvalue weighted by molar-refractivity contribution is 5.74. The molecule has 3 amide bonds. The standard InChI is InChI=1S/C19H29N3O5/c1-19(2,3)27-18(24)22-11-9-14(10-12-22)21-17(23)20-13-26-16-8-6-5-7-15(16)25-4/h5-8,14H,9-13H2,1-4H3,(H2,20,21,23). The molecule has 8 heteroatoms. The van der Waals surface area contributed by atoms with Crippen LogP contribution in [0.2, 0.25) is 0 Å². The van der Waals surface area contributed by atoms with Crippen LogP contribution in [0.4, 0.5) is 9.59 Å². The van der Waals surface area contributed by atoms with Crippen LogP contribution in [0.15, 0.2) is 24.3 Å². The molecule has 0 atom stereocenters. The van der Waals surface area contributed by atoms with Gasteiger partial charge in [-0.3, -0.25) is 0 Å². The van der Waals surface area contributed by atoms with Crippen molar-refractivity contribution in [3.8, 4) is 11.5 Å². The van der Waals surface area contributed by atoms with Crippen molar-refractivity contribution in [1.82, 2.24) is 15.5 Å². The van der Waals surface area contributed by atoms with Gasteiger partial charge in [0.25, 0.3) is 0 Å². The van der Waals surface area contributed by atoms with E-state index in [0.717, 1.165) is 0 Å². The number of hydrogen-bond donors (Lipinski definition) is 2. The Bertz CT molecular complexity index is 636. The third-order valence-corrected chi connectivity index (χ3v) is 4.01. The molecule has 150 valence electrons. The molecule has 1 aromatic rings. The SMILES string of the molecule is COc1ccccc1OCNC(=O)NC1CCN(C(=O)OC(C)(C)C)CC1. The first kappa shape index (κ1) is 20.7. The lowest BCUT2D eigenvalue weighted by Gasteiger charge is -2.33. The maximum Gasteiger partial charge on any atom is 0.410 e. The van der Waals surface area contributed by atoms with Gasteiger partial charge in [0.05, 0.1) is 7.11 Å². The Kier molecular flexibility index (Phi) is 7.15. The number of para-hydroxylation sites is 2. The van der Waals surface area contributed by atoms with Gasteiger partial charge in [-0.05, 0) is 45.7 Å². The van der Waals surface area contributed by atoms with E-state index < -0.39 is 5.60 Å². The summed E-state index contributed by atoms with van der Waals surface area (Å²) >= 11 is 0. The molecule has 0 unspecified atom stereocenters. The molecule has 1 fully saturated rings. The maximum atomic E-state index is 12.0. The van der Waals surface area contributed by atoms with Crippen molar-refractivity contribution in [2.24, 2.45) is 0 Å². The zero-order chi connectivity index (χ0) is 19.9. The normalized spacial score (nSPS) is 15.0. The van der Waals surface area contributed by atoms with Crippen LogP contribution in [-0.2, 0) is 4.74 Å². The summed E-state index contributed by atoms with van der Waals surface area (Å²) in [5.74, 6) is 1.17. The second-order valence-corrected chi connectivity index (χ2v) is 7.33. The summed E-state index contributed by atoms with van der Waals surface area (Å²) in [6, 6.07) is 6.93. The quantitative estimate of drug-likeness (QED) is 0.768. The molecule has 0 saturated carbocycles. The highest BCUT2D eigenvalue weighted by Gasteiger charge is 2.27. The number of urea groups is 1. The molecule has 1 aliphatic heterocycles. The summed E-state index contributed by atoms with van der Waals surface area (Å²) in [4.78, 5) is 25.7.